The quantitative estimate of drug-likeness (QED) is 0.447. The number of imidazole rings is 1. The Morgan fingerprint density at radius 2 is 2.24 bits per heavy atom. The number of ether oxygens (including phenoxy) is 1. The topological polar surface area (TPSA) is 108 Å². The first-order valence-electron chi connectivity index (χ1n) is 7.34. The van der Waals surface area contributed by atoms with E-state index in [4.69, 9.17) is 10.5 Å². The monoisotopic (exact) mass is 297 g/mol. The lowest BCUT2D eigenvalue weighted by Crippen LogP contribution is -2.30. The van der Waals surface area contributed by atoms with Crippen LogP contribution in [-0.2, 0) is 11.8 Å². The largest absolute Gasteiger partial charge is 0.406 e. The average Bonchev–Trinajstić information content (AvgIpc) is 2.82. The van der Waals surface area contributed by atoms with Gasteiger partial charge in [0, 0.05) is 26.2 Å². The molecule has 8 nitrogen and oxygen atoms in total. The highest BCUT2D eigenvalue weighted by Crippen LogP contribution is 2.21. The van der Waals surface area contributed by atoms with Crippen LogP contribution in [0.2, 0.25) is 0 Å². The highest BCUT2D eigenvalue weighted by molar-refractivity contribution is 5.51. The van der Waals surface area contributed by atoms with E-state index < -0.39 is 4.92 Å². The van der Waals surface area contributed by atoms with Gasteiger partial charge in [0.2, 0.25) is 12.1 Å². The van der Waals surface area contributed by atoms with E-state index in [2.05, 4.69) is 10.3 Å². The summed E-state index contributed by atoms with van der Waals surface area (Å²) in [5.41, 5.74) is 5.85. The SMILES string of the molecule is Cn1cnc([N+](=O)[O-])c1NCCCOC1CCC(N)CC1. The molecule has 0 unspecified atom stereocenters. The van der Waals surface area contributed by atoms with Crippen LogP contribution in [0.4, 0.5) is 11.6 Å². The zero-order valence-electron chi connectivity index (χ0n) is 12.3. The Labute approximate surface area is 123 Å². The third kappa shape index (κ3) is 4.40. The van der Waals surface area contributed by atoms with Crippen LogP contribution in [0.15, 0.2) is 6.33 Å². The Kier molecular flexibility index (Phi) is 5.51. The van der Waals surface area contributed by atoms with E-state index in [0.717, 1.165) is 32.1 Å². The van der Waals surface area contributed by atoms with Crippen molar-refractivity contribution in [2.45, 2.75) is 44.2 Å². The molecule has 0 bridgehead atoms. The summed E-state index contributed by atoms with van der Waals surface area (Å²) >= 11 is 0. The van der Waals surface area contributed by atoms with Crippen LogP contribution in [0.3, 0.4) is 0 Å². The molecule has 2 rings (SSSR count). The lowest BCUT2D eigenvalue weighted by Gasteiger charge is -2.26. The van der Waals surface area contributed by atoms with E-state index in [9.17, 15) is 10.1 Å². The molecular weight excluding hydrogens is 274 g/mol. The average molecular weight is 297 g/mol. The van der Waals surface area contributed by atoms with Gasteiger partial charge in [-0.2, -0.15) is 0 Å². The van der Waals surface area contributed by atoms with Crippen LogP contribution < -0.4 is 11.1 Å². The van der Waals surface area contributed by atoms with E-state index in [1.807, 2.05) is 0 Å². The fraction of sp³-hybridized carbons (Fsp3) is 0.769. The maximum Gasteiger partial charge on any atom is 0.406 e. The molecule has 0 aliphatic heterocycles. The van der Waals surface area contributed by atoms with Gasteiger partial charge in [-0.3, -0.25) is 4.57 Å². The van der Waals surface area contributed by atoms with Crippen LogP contribution in [-0.4, -0.2) is 39.8 Å². The van der Waals surface area contributed by atoms with Crippen molar-refractivity contribution in [2.75, 3.05) is 18.5 Å². The van der Waals surface area contributed by atoms with E-state index in [1.165, 1.54) is 6.33 Å². The zero-order chi connectivity index (χ0) is 15.2. The minimum Gasteiger partial charge on any atom is -0.378 e. The molecule has 0 atom stereocenters. The van der Waals surface area contributed by atoms with Gasteiger partial charge in [0.25, 0.3) is 0 Å². The summed E-state index contributed by atoms with van der Waals surface area (Å²) in [7, 11) is 1.73. The number of rotatable bonds is 7. The predicted octanol–water partition coefficient (Wildman–Crippen LogP) is 1.42. The molecular formula is C13H23N5O3. The minimum absolute atomic E-state index is 0.139. The molecule has 0 saturated heterocycles. The molecule has 1 aliphatic carbocycles. The minimum atomic E-state index is -0.482. The van der Waals surface area contributed by atoms with Gasteiger partial charge < -0.3 is 25.9 Å². The lowest BCUT2D eigenvalue weighted by atomic mass is 9.94. The lowest BCUT2D eigenvalue weighted by molar-refractivity contribution is -0.388. The van der Waals surface area contributed by atoms with Crippen LogP contribution in [0.5, 0.6) is 0 Å². The van der Waals surface area contributed by atoms with E-state index in [1.54, 1.807) is 11.6 Å². The first-order valence-corrected chi connectivity index (χ1v) is 7.34. The molecule has 0 spiro atoms. The van der Waals surface area contributed by atoms with Crippen molar-refractivity contribution in [1.82, 2.24) is 9.55 Å². The van der Waals surface area contributed by atoms with E-state index in [-0.39, 0.29) is 5.82 Å². The maximum absolute atomic E-state index is 10.8. The molecule has 0 radical (unpaired) electrons. The van der Waals surface area contributed by atoms with Gasteiger partial charge >= 0.3 is 5.82 Å². The summed E-state index contributed by atoms with van der Waals surface area (Å²) < 4.78 is 7.42. The maximum atomic E-state index is 10.8. The number of hydrogen-bond donors (Lipinski definition) is 2. The molecule has 1 heterocycles. The molecule has 1 aromatic heterocycles. The number of anilines is 1. The van der Waals surface area contributed by atoms with Crippen LogP contribution in [0, 0.1) is 10.1 Å². The summed E-state index contributed by atoms with van der Waals surface area (Å²) in [5, 5.41) is 13.9. The van der Waals surface area contributed by atoms with Gasteiger partial charge in [-0.05, 0) is 42.0 Å². The second-order valence-electron chi connectivity index (χ2n) is 5.47. The van der Waals surface area contributed by atoms with Crippen molar-refractivity contribution in [3.8, 4) is 0 Å². The van der Waals surface area contributed by atoms with Crippen LogP contribution in [0.25, 0.3) is 0 Å². The molecule has 0 aromatic carbocycles. The standard InChI is InChI=1S/C13H23N5O3/c1-17-9-16-13(18(19)20)12(17)15-7-2-8-21-11-5-3-10(14)4-6-11/h9-11,15H,2-8,14H2,1H3. The van der Waals surface area contributed by atoms with Crippen molar-refractivity contribution in [3.63, 3.8) is 0 Å². The van der Waals surface area contributed by atoms with Crippen LogP contribution >= 0.6 is 0 Å². The van der Waals surface area contributed by atoms with Crippen molar-refractivity contribution in [2.24, 2.45) is 12.8 Å². The fourth-order valence-electron chi connectivity index (χ4n) is 2.54. The normalized spacial score (nSPS) is 22.2. The molecule has 3 N–H and O–H groups in total. The highest BCUT2D eigenvalue weighted by atomic mass is 16.6. The fourth-order valence-corrected chi connectivity index (χ4v) is 2.54. The number of nitrogens with one attached hydrogen (secondary N) is 1. The molecule has 21 heavy (non-hydrogen) atoms. The van der Waals surface area contributed by atoms with Gasteiger partial charge in [0.1, 0.15) is 0 Å². The molecule has 8 heteroatoms. The highest BCUT2D eigenvalue weighted by Gasteiger charge is 2.20. The zero-order valence-corrected chi connectivity index (χ0v) is 12.3. The number of hydrogen-bond acceptors (Lipinski definition) is 6. The van der Waals surface area contributed by atoms with Gasteiger partial charge in [0.05, 0.1) is 6.10 Å². The second kappa shape index (κ2) is 7.37. The molecule has 1 fully saturated rings. The molecule has 0 amide bonds. The van der Waals surface area contributed by atoms with Gasteiger partial charge in [-0.1, -0.05) is 0 Å². The molecule has 1 saturated carbocycles. The Morgan fingerprint density at radius 1 is 1.52 bits per heavy atom. The summed E-state index contributed by atoms with van der Waals surface area (Å²) in [6.07, 6.45) is 6.67. The third-order valence-corrected chi connectivity index (χ3v) is 3.78. The Morgan fingerprint density at radius 3 is 2.90 bits per heavy atom. The second-order valence-corrected chi connectivity index (χ2v) is 5.47. The summed E-state index contributed by atoms with van der Waals surface area (Å²) in [5.74, 6) is 0.295. The van der Waals surface area contributed by atoms with Crippen molar-refractivity contribution in [1.29, 1.82) is 0 Å². The first kappa shape index (κ1) is 15.7. The number of aromatic nitrogens is 2. The number of nitrogens with zero attached hydrogens (tertiary/aromatic N) is 3. The number of nitro groups is 1. The van der Waals surface area contributed by atoms with Crippen molar-refractivity contribution < 1.29 is 9.66 Å². The smallest absolute Gasteiger partial charge is 0.378 e. The van der Waals surface area contributed by atoms with Crippen molar-refractivity contribution in [3.05, 3.63) is 16.4 Å². The summed E-state index contributed by atoms with van der Waals surface area (Å²) in [6.45, 7) is 1.27. The third-order valence-electron chi connectivity index (χ3n) is 3.78. The van der Waals surface area contributed by atoms with E-state index >= 15 is 0 Å². The molecule has 1 aromatic rings. The molecule has 1 aliphatic rings. The first-order chi connectivity index (χ1) is 10.1. The van der Waals surface area contributed by atoms with Gasteiger partial charge in [-0.25, -0.2) is 0 Å². The van der Waals surface area contributed by atoms with Gasteiger partial charge in [-0.15, -0.1) is 0 Å². The number of aryl methyl sites for hydroxylation is 1. The van der Waals surface area contributed by atoms with Crippen molar-refractivity contribution >= 4 is 11.6 Å². The van der Waals surface area contributed by atoms with E-state index in [0.29, 0.717) is 31.1 Å². The molecule has 118 valence electrons. The Bertz CT molecular complexity index is 468. The number of nitrogens with two attached hydrogens (primary N) is 1. The predicted molar refractivity (Wildman–Crippen MR) is 79.2 cm³/mol. The summed E-state index contributed by atoms with van der Waals surface area (Å²) in [6, 6.07) is 0.330. The van der Waals surface area contributed by atoms with Crippen LogP contribution in [0.1, 0.15) is 32.1 Å². The Hall–Kier alpha value is -1.67. The summed E-state index contributed by atoms with van der Waals surface area (Å²) in [4.78, 5) is 14.1. The Balaban J connectivity index is 1.66. The van der Waals surface area contributed by atoms with Gasteiger partial charge in [0.15, 0.2) is 0 Å².